The highest BCUT2D eigenvalue weighted by atomic mass is 16.5. The van der Waals surface area contributed by atoms with Crippen molar-refractivity contribution in [2.24, 2.45) is 0 Å². The normalized spacial score (nSPS) is 10.2. The number of ether oxygens (including phenoxy) is 2. The van der Waals surface area contributed by atoms with Gasteiger partial charge >= 0.3 is 11.9 Å². The minimum absolute atomic E-state index is 0.316. The van der Waals surface area contributed by atoms with E-state index in [-0.39, 0.29) is 5.57 Å². The number of carbonyl (C=O) groups excluding carboxylic acids is 2. The molecule has 0 atom stereocenters. The van der Waals surface area contributed by atoms with E-state index in [2.05, 4.69) is 9.47 Å². The molecule has 21 heavy (non-hydrogen) atoms. The van der Waals surface area contributed by atoms with Crippen LogP contribution in [0.4, 0.5) is 0 Å². The standard InChI is InChI=1S/C14H14O7/c1-20-13(18)9(14(19)21-2)5-3-4-8-6-10(15)12(17)11(16)7-8/h3-7,15-17H,1-2H3/b4-3+. The van der Waals surface area contributed by atoms with E-state index >= 15 is 0 Å². The molecule has 0 heterocycles. The molecule has 0 spiro atoms. The minimum atomic E-state index is -0.858. The van der Waals surface area contributed by atoms with Gasteiger partial charge in [-0.1, -0.05) is 12.2 Å². The molecule has 0 radical (unpaired) electrons. The zero-order chi connectivity index (χ0) is 16.0. The lowest BCUT2D eigenvalue weighted by atomic mass is 10.1. The molecule has 0 aliphatic rings. The third-order valence-corrected chi connectivity index (χ3v) is 2.45. The molecule has 1 aromatic carbocycles. The molecule has 1 rings (SSSR count). The van der Waals surface area contributed by atoms with E-state index in [4.69, 9.17) is 0 Å². The monoisotopic (exact) mass is 294 g/mol. The van der Waals surface area contributed by atoms with Crippen LogP contribution in [0, 0.1) is 0 Å². The summed E-state index contributed by atoms with van der Waals surface area (Å²) in [4.78, 5) is 22.7. The van der Waals surface area contributed by atoms with Crippen LogP contribution in [0.15, 0.2) is 29.9 Å². The minimum Gasteiger partial charge on any atom is -0.504 e. The Labute approximate surface area is 120 Å². The maximum absolute atomic E-state index is 11.4. The SMILES string of the molecule is COC(=O)C(=C/C=C/c1cc(O)c(O)c(O)c1)C(=O)OC. The van der Waals surface area contributed by atoms with Crippen LogP contribution in [0.1, 0.15) is 5.56 Å². The second-order valence-electron chi connectivity index (χ2n) is 3.83. The van der Waals surface area contributed by atoms with Gasteiger partial charge in [-0.25, -0.2) is 9.59 Å². The van der Waals surface area contributed by atoms with Gasteiger partial charge in [0.2, 0.25) is 0 Å². The molecule has 0 amide bonds. The van der Waals surface area contributed by atoms with E-state index in [1.165, 1.54) is 30.4 Å². The fourth-order valence-electron chi connectivity index (χ4n) is 1.42. The van der Waals surface area contributed by atoms with Gasteiger partial charge in [-0.3, -0.25) is 0 Å². The molecule has 0 fully saturated rings. The van der Waals surface area contributed by atoms with Crippen LogP contribution in [-0.4, -0.2) is 41.5 Å². The van der Waals surface area contributed by atoms with E-state index in [1.54, 1.807) is 0 Å². The van der Waals surface area contributed by atoms with E-state index in [0.29, 0.717) is 5.56 Å². The van der Waals surface area contributed by atoms with E-state index in [9.17, 15) is 24.9 Å². The highest BCUT2D eigenvalue weighted by molar-refractivity contribution is 6.14. The van der Waals surface area contributed by atoms with E-state index in [0.717, 1.165) is 14.2 Å². The Balaban J connectivity index is 3.05. The number of methoxy groups -OCH3 is 2. The van der Waals surface area contributed by atoms with Gasteiger partial charge in [0, 0.05) is 0 Å². The maximum atomic E-state index is 11.4. The van der Waals surface area contributed by atoms with Gasteiger partial charge in [0.1, 0.15) is 5.57 Å². The van der Waals surface area contributed by atoms with Gasteiger partial charge in [0.15, 0.2) is 17.2 Å². The number of allylic oxidation sites excluding steroid dienone is 2. The fourth-order valence-corrected chi connectivity index (χ4v) is 1.42. The van der Waals surface area contributed by atoms with Crippen molar-refractivity contribution in [3.8, 4) is 17.2 Å². The summed E-state index contributed by atoms with van der Waals surface area (Å²) in [6.07, 6.45) is 3.89. The summed E-state index contributed by atoms with van der Waals surface area (Å²) in [6, 6.07) is 2.38. The van der Waals surface area contributed by atoms with Crippen LogP contribution in [0.5, 0.6) is 17.2 Å². The van der Waals surface area contributed by atoms with Gasteiger partial charge in [0.05, 0.1) is 14.2 Å². The van der Waals surface area contributed by atoms with Gasteiger partial charge in [-0.15, -0.1) is 0 Å². The van der Waals surface area contributed by atoms with Gasteiger partial charge < -0.3 is 24.8 Å². The van der Waals surface area contributed by atoms with Gasteiger partial charge in [-0.2, -0.15) is 0 Å². The van der Waals surface area contributed by atoms with Crippen molar-refractivity contribution >= 4 is 18.0 Å². The lowest BCUT2D eigenvalue weighted by molar-refractivity contribution is -0.144. The molecule has 0 aromatic heterocycles. The molecular weight excluding hydrogens is 280 g/mol. The number of rotatable bonds is 4. The highest BCUT2D eigenvalue weighted by Crippen LogP contribution is 2.35. The predicted molar refractivity (Wildman–Crippen MR) is 72.6 cm³/mol. The molecule has 112 valence electrons. The second-order valence-corrected chi connectivity index (χ2v) is 3.83. The summed E-state index contributed by atoms with van der Waals surface area (Å²) < 4.78 is 8.87. The van der Waals surface area contributed by atoms with E-state index < -0.39 is 29.2 Å². The first-order valence-electron chi connectivity index (χ1n) is 5.70. The number of phenols is 3. The van der Waals surface area contributed by atoms with E-state index in [1.807, 2.05) is 0 Å². The predicted octanol–water partition coefficient (Wildman–Crippen LogP) is 1.09. The van der Waals surface area contributed by atoms with Crippen molar-refractivity contribution in [3.63, 3.8) is 0 Å². The van der Waals surface area contributed by atoms with Gasteiger partial charge in [0.25, 0.3) is 0 Å². The number of hydrogen-bond acceptors (Lipinski definition) is 7. The Kier molecular flexibility index (Phi) is 5.36. The van der Waals surface area contributed by atoms with Crippen molar-refractivity contribution in [2.45, 2.75) is 0 Å². The van der Waals surface area contributed by atoms with Crippen molar-refractivity contribution in [3.05, 3.63) is 35.4 Å². The summed E-state index contributed by atoms with van der Waals surface area (Å²) in [7, 11) is 2.25. The molecule has 7 nitrogen and oxygen atoms in total. The smallest absolute Gasteiger partial charge is 0.345 e. The Hall–Kier alpha value is -2.96. The largest absolute Gasteiger partial charge is 0.504 e. The molecule has 0 aliphatic heterocycles. The lowest BCUT2D eigenvalue weighted by Crippen LogP contribution is -2.15. The van der Waals surface area contributed by atoms with Crippen molar-refractivity contribution in [1.29, 1.82) is 0 Å². The zero-order valence-corrected chi connectivity index (χ0v) is 11.4. The molecule has 1 aromatic rings. The zero-order valence-electron chi connectivity index (χ0n) is 11.4. The Morgan fingerprint density at radius 1 is 1.00 bits per heavy atom. The molecule has 0 saturated carbocycles. The molecule has 0 aliphatic carbocycles. The lowest BCUT2D eigenvalue weighted by Gasteiger charge is -2.02. The van der Waals surface area contributed by atoms with Crippen molar-refractivity contribution in [2.75, 3.05) is 14.2 Å². The molecule has 0 bridgehead atoms. The summed E-state index contributed by atoms with van der Waals surface area (Å²) in [5.41, 5.74) is 0.0246. The molecule has 3 N–H and O–H groups in total. The highest BCUT2D eigenvalue weighted by Gasteiger charge is 2.18. The van der Waals surface area contributed by atoms with Crippen LogP contribution in [0.25, 0.3) is 6.08 Å². The van der Waals surface area contributed by atoms with Crippen LogP contribution < -0.4 is 0 Å². The summed E-state index contributed by atoms with van der Waals surface area (Å²) in [5.74, 6) is -3.35. The summed E-state index contributed by atoms with van der Waals surface area (Å²) in [6.45, 7) is 0. The Morgan fingerprint density at radius 2 is 1.48 bits per heavy atom. The van der Waals surface area contributed by atoms with Crippen LogP contribution >= 0.6 is 0 Å². The number of carbonyl (C=O) groups is 2. The quantitative estimate of drug-likeness (QED) is 0.190. The average Bonchev–Trinajstić information content (AvgIpc) is 2.47. The van der Waals surface area contributed by atoms with Crippen LogP contribution in [0.3, 0.4) is 0 Å². The number of aromatic hydroxyl groups is 3. The number of esters is 2. The Bertz CT molecular complexity index is 573. The topological polar surface area (TPSA) is 113 Å². The Morgan fingerprint density at radius 3 is 1.90 bits per heavy atom. The van der Waals surface area contributed by atoms with Crippen molar-refractivity contribution in [1.82, 2.24) is 0 Å². The molecular formula is C14H14O7. The third kappa shape index (κ3) is 4.00. The molecule has 0 saturated heterocycles. The first-order valence-corrected chi connectivity index (χ1v) is 5.70. The molecule has 0 unspecified atom stereocenters. The summed E-state index contributed by atoms with van der Waals surface area (Å²) in [5, 5.41) is 27.9. The van der Waals surface area contributed by atoms with Crippen LogP contribution in [0.2, 0.25) is 0 Å². The number of hydrogen-bond donors (Lipinski definition) is 3. The first kappa shape index (κ1) is 16.1. The number of benzene rings is 1. The second kappa shape index (κ2) is 6.99. The average molecular weight is 294 g/mol. The fraction of sp³-hybridized carbons (Fsp3) is 0.143. The molecule has 7 heteroatoms. The van der Waals surface area contributed by atoms with Gasteiger partial charge in [-0.05, 0) is 23.8 Å². The third-order valence-electron chi connectivity index (χ3n) is 2.45. The summed E-state index contributed by atoms with van der Waals surface area (Å²) >= 11 is 0. The van der Waals surface area contributed by atoms with Crippen molar-refractivity contribution < 1.29 is 34.4 Å². The maximum Gasteiger partial charge on any atom is 0.345 e. The first-order chi connectivity index (χ1) is 9.90. The van der Waals surface area contributed by atoms with Crippen LogP contribution in [-0.2, 0) is 19.1 Å². The number of phenolic OH excluding ortho intramolecular Hbond substituents is 3.